The SMILES string of the molecule is CC(CN(C(=O)Cc1ccc(S(=O)(=O)C(C)C)cc1)C1CC1)C(=O)O. The normalized spacial score (nSPS) is 15.8. The Kier molecular flexibility index (Phi) is 5.87. The summed E-state index contributed by atoms with van der Waals surface area (Å²) in [4.78, 5) is 25.5. The van der Waals surface area contributed by atoms with E-state index in [1.807, 2.05) is 0 Å². The Hall–Kier alpha value is -1.89. The van der Waals surface area contributed by atoms with Crippen molar-refractivity contribution in [3.8, 4) is 0 Å². The molecular formula is C18H25NO5S. The topological polar surface area (TPSA) is 91.8 Å². The number of carbonyl (C=O) groups excluding carboxylic acids is 1. The molecule has 0 heterocycles. The number of amides is 1. The average molecular weight is 367 g/mol. The van der Waals surface area contributed by atoms with Crippen LogP contribution in [0.5, 0.6) is 0 Å². The van der Waals surface area contributed by atoms with Crippen molar-refractivity contribution in [1.29, 1.82) is 0 Å². The van der Waals surface area contributed by atoms with Crippen LogP contribution in [-0.2, 0) is 25.8 Å². The molecule has 0 aromatic heterocycles. The lowest BCUT2D eigenvalue weighted by atomic mass is 10.1. The third-order valence-electron chi connectivity index (χ3n) is 4.43. The highest BCUT2D eigenvalue weighted by Crippen LogP contribution is 2.28. The smallest absolute Gasteiger partial charge is 0.308 e. The van der Waals surface area contributed by atoms with Crippen LogP contribution in [-0.4, -0.2) is 48.1 Å². The molecule has 1 atom stereocenters. The van der Waals surface area contributed by atoms with Crippen LogP contribution < -0.4 is 0 Å². The van der Waals surface area contributed by atoms with Gasteiger partial charge in [0.15, 0.2) is 9.84 Å². The highest BCUT2D eigenvalue weighted by molar-refractivity contribution is 7.92. The quantitative estimate of drug-likeness (QED) is 0.760. The van der Waals surface area contributed by atoms with Crippen LogP contribution in [0.1, 0.15) is 39.2 Å². The van der Waals surface area contributed by atoms with Gasteiger partial charge in [-0.05, 0) is 44.4 Å². The second-order valence-electron chi connectivity index (χ2n) is 6.93. The second kappa shape index (κ2) is 7.56. The zero-order valence-electron chi connectivity index (χ0n) is 14.8. The van der Waals surface area contributed by atoms with Gasteiger partial charge in [-0.3, -0.25) is 9.59 Å². The standard InChI is InChI=1S/C18H25NO5S/c1-12(2)25(23,24)16-8-4-14(5-9-16)10-17(20)19(15-6-7-15)11-13(3)18(21)22/h4-5,8-9,12-13,15H,6-7,10-11H2,1-3H3,(H,21,22). The van der Waals surface area contributed by atoms with Gasteiger partial charge in [0.1, 0.15) is 0 Å². The first-order valence-electron chi connectivity index (χ1n) is 8.48. The molecule has 2 rings (SSSR count). The fourth-order valence-corrected chi connectivity index (χ4v) is 3.62. The first-order chi connectivity index (χ1) is 11.6. The Morgan fingerprint density at radius 1 is 1.16 bits per heavy atom. The molecule has 7 heteroatoms. The van der Waals surface area contributed by atoms with E-state index in [2.05, 4.69) is 0 Å². The highest BCUT2D eigenvalue weighted by atomic mass is 32.2. The van der Waals surface area contributed by atoms with Crippen molar-refractivity contribution >= 4 is 21.7 Å². The molecule has 6 nitrogen and oxygen atoms in total. The van der Waals surface area contributed by atoms with E-state index in [1.165, 1.54) is 12.1 Å². The minimum Gasteiger partial charge on any atom is -0.481 e. The predicted octanol–water partition coefficient (Wildman–Crippen LogP) is 2.12. The molecule has 0 radical (unpaired) electrons. The molecule has 138 valence electrons. The first kappa shape index (κ1) is 19.4. The third-order valence-corrected chi connectivity index (χ3v) is 6.60. The number of nitrogens with zero attached hydrogens (tertiary/aromatic N) is 1. The van der Waals surface area contributed by atoms with E-state index < -0.39 is 27.0 Å². The highest BCUT2D eigenvalue weighted by Gasteiger charge is 2.34. The van der Waals surface area contributed by atoms with E-state index in [0.29, 0.717) is 0 Å². The van der Waals surface area contributed by atoms with Crippen molar-refractivity contribution in [3.05, 3.63) is 29.8 Å². The second-order valence-corrected chi connectivity index (χ2v) is 9.44. The van der Waals surface area contributed by atoms with Gasteiger partial charge in [0.25, 0.3) is 0 Å². The number of benzene rings is 1. The van der Waals surface area contributed by atoms with Gasteiger partial charge in [0, 0.05) is 12.6 Å². The summed E-state index contributed by atoms with van der Waals surface area (Å²) < 4.78 is 24.3. The lowest BCUT2D eigenvalue weighted by Crippen LogP contribution is -2.39. The number of carbonyl (C=O) groups is 2. The number of hydrogen-bond acceptors (Lipinski definition) is 4. The maximum absolute atomic E-state index is 12.6. The molecule has 1 fully saturated rings. The van der Waals surface area contributed by atoms with Crippen molar-refractivity contribution in [3.63, 3.8) is 0 Å². The van der Waals surface area contributed by atoms with Gasteiger partial charge in [-0.25, -0.2) is 8.42 Å². The number of hydrogen-bond donors (Lipinski definition) is 1. The predicted molar refractivity (Wildman–Crippen MR) is 94.0 cm³/mol. The summed E-state index contributed by atoms with van der Waals surface area (Å²) in [5, 5.41) is 8.56. The molecular weight excluding hydrogens is 342 g/mol. The molecule has 0 aliphatic heterocycles. The van der Waals surface area contributed by atoms with E-state index in [4.69, 9.17) is 5.11 Å². The fraction of sp³-hybridized carbons (Fsp3) is 0.556. The van der Waals surface area contributed by atoms with Gasteiger partial charge >= 0.3 is 5.97 Å². The maximum atomic E-state index is 12.6. The molecule has 1 N–H and O–H groups in total. The maximum Gasteiger partial charge on any atom is 0.308 e. The Bertz CT molecular complexity index is 735. The van der Waals surface area contributed by atoms with E-state index in [-0.39, 0.29) is 29.8 Å². The molecule has 0 saturated heterocycles. The van der Waals surface area contributed by atoms with Crippen molar-refractivity contribution < 1.29 is 23.1 Å². The van der Waals surface area contributed by atoms with E-state index >= 15 is 0 Å². The summed E-state index contributed by atoms with van der Waals surface area (Å²) in [7, 11) is -3.33. The van der Waals surface area contributed by atoms with Gasteiger partial charge in [0.05, 0.1) is 22.5 Å². The summed E-state index contributed by atoms with van der Waals surface area (Å²) in [5.41, 5.74) is 0.723. The largest absolute Gasteiger partial charge is 0.481 e. The lowest BCUT2D eigenvalue weighted by Gasteiger charge is -2.24. The van der Waals surface area contributed by atoms with Crippen LogP contribution in [0.3, 0.4) is 0 Å². The van der Waals surface area contributed by atoms with Crippen molar-refractivity contribution in [2.75, 3.05) is 6.54 Å². The molecule has 1 aromatic rings. The third kappa shape index (κ3) is 4.81. The molecule has 0 spiro atoms. The van der Waals surface area contributed by atoms with Crippen LogP contribution in [0.25, 0.3) is 0 Å². The zero-order chi connectivity index (χ0) is 18.8. The molecule has 1 aliphatic rings. The minimum atomic E-state index is -3.33. The Morgan fingerprint density at radius 3 is 2.16 bits per heavy atom. The van der Waals surface area contributed by atoms with E-state index in [0.717, 1.165) is 18.4 Å². The van der Waals surface area contributed by atoms with Gasteiger partial charge in [-0.1, -0.05) is 19.1 Å². The fourth-order valence-electron chi connectivity index (χ4n) is 2.56. The van der Waals surface area contributed by atoms with E-state index in [1.54, 1.807) is 37.8 Å². The number of rotatable bonds is 8. The summed E-state index contributed by atoms with van der Waals surface area (Å²) >= 11 is 0. The molecule has 1 aliphatic carbocycles. The number of carboxylic acid groups (broad SMARTS) is 1. The van der Waals surface area contributed by atoms with E-state index in [9.17, 15) is 18.0 Å². The monoisotopic (exact) mass is 367 g/mol. The summed E-state index contributed by atoms with van der Waals surface area (Å²) in [6.07, 6.45) is 1.96. The summed E-state index contributed by atoms with van der Waals surface area (Å²) in [5.74, 6) is -1.64. The van der Waals surface area contributed by atoms with Gasteiger partial charge in [0.2, 0.25) is 5.91 Å². The van der Waals surface area contributed by atoms with Crippen LogP contribution in [0.4, 0.5) is 0 Å². The lowest BCUT2D eigenvalue weighted by molar-refractivity contribution is -0.143. The molecule has 1 unspecified atom stereocenters. The van der Waals surface area contributed by atoms with Crippen molar-refractivity contribution in [1.82, 2.24) is 4.90 Å². The Morgan fingerprint density at radius 2 is 1.72 bits per heavy atom. The first-order valence-corrected chi connectivity index (χ1v) is 10.0. The number of aliphatic carboxylic acids is 1. The average Bonchev–Trinajstić information content (AvgIpc) is 3.37. The van der Waals surface area contributed by atoms with Gasteiger partial charge < -0.3 is 10.0 Å². The molecule has 0 bridgehead atoms. The van der Waals surface area contributed by atoms with Crippen LogP contribution in [0, 0.1) is 5.92 Å². The Labute approximate surface area is 148 Å². The minimum absolute atomic E-state index is 0.116. The number of carboxylic acids is 1. The van der Waals surface area contributed by atoms with Crippen molar-refractivity contribution in [2.45, 2.75) is 56.2 Å². The van der Waals surface area contributed by atoms with Gasteiger partial charge in [-0.15, -0.1) is 0 Å². The van der Waals surface area contributed by atoms with Crippen molar-refractivity contribution in [2.24, 2.45) is 5.92 Å². The zero-order valence-corrected chi connectivity index (χ0v) is 15.6. The molecule has 25 heavy (non-hydrogen) atoms. The Balaban J connectivity index is 2.07. The number of sulfone groups is 1. The molecule has 1 amide bonds. The summed E-state index contributed by atoms with van der Waals surface area (Å²) in [6.45, 7) is 5.06. The van der Waals surface area contributed by atoms with Gasteiger partial charge in [-0.2, -0.15) is 0 Å². The van der Waals surface area contributed by atoms with Crippen LogP contribution >= 0.6 is 0 Å². The molecule has 1 saturated carbocycles. The van der Waals surface area contributed by atoms with Crippen LogP contribution in [0.2, 0.25) is 0 Å². The summed E-state index contributed by atoms with van der Waals surface area (Å²) in [6, 6.07) is 6.49. The van der Waals surface area contributed by atoms with Crippen LogP contribution in [0.15, 0.2) is 29.2 Å². The molecule has 1 aromatic carbocycles.